The van der Waals surface area contributed by atoms with Gasteiger partial charge in [0.15, 0.2) is 0 Å². The van der Waals surface area contributed by atoms with Crippen molar-refractivity contribution in [3.63, 3.8) is 0 Å². The molecule has 34 heavy (non-hydrogen) atoms. The number of hydrogen-bond acceptors (Lipinski definition) is 1. The molecule has 0 N–H and O–H groups in total. The third kappa shape index (κ3) is 3.33. The van der Waals surface area contributed by atoms with Crippen molar-refractivity contribution < 1.29 is 0 Å². The molecule has 1 aliphatic rings. The number of benzene rings is 5. The molecule has 0 saturated carbocycles. The van der Waals surface area contributed by atoms with E-state index >= 15 is 0 Å². The summed E-state index contributed by atoms with van der Waals surface area (Å²) < 4.78 is 0. The molecule has 2 unspecified atom stereocenters. The number of rotatable bonds is 3. The maximum absolute atomic E-state index is 10.5. The third-order valence-corrected chi connectivity index (χ3v) is 6.93. The van der Waals surface area contributed by atoms with Crippen LogP contribution < -0.4 is 0 Å². The van der Waals surface area contributed by atoms with E-state index in [1.165, 1.54) is 44.5 Å². The number of nitrogens with zero attached hydrogens (tertiary/aromatic N) is 1. The summed E-state index contributed by atoms with van der Waals surface area (Å²) in [5.74, 6) is -0.324. The van der Waals surface area contributed by atoms with Crippen molar-refractivity contribution in [2.45, 2.75) is 11.8 Å². The molecule has 0 radical (unpaired) electrons. The number of nitriles is 1. The summed E-state index contributed by atoms with van der Waals surface area (Å²) in [7, 11) is 0. The SMILES string of the molecule is N#CC1c2ccccc2-c2ccccc2C1c1cc(-c2ccccc2)ccc1-c1ccccc1. The predicted octanol–water partition coefficient (Wildman–Crippen LogP) is 8.44. The fourth-order valence-corrected chi connectivity index (χ4v) is 5.39. The molecule has 1 nitrogen and oxygen atoms in total. The summed E-state index contributed by atoms with van der Waals surface area (Å²) in [5, 5.41) is 10.5. The van der Waals surface area contributed by atoms with Gasteiger partial charge in [-0.2, -0.15) is 5.26 Å². The molecule has 2 atom stereocenters. The largest absolute Gasteiger partial charge is 0.198 e. The topological polar surface area (TPSA) is 23.8 Å². The average molecular weight is 434 g/mol. The first-order valence-corrected chi connectivity index (χ1v) is 11.7. The van der Waals surface area contributed by atoms with Gasteiger partial charge in [0.2, 0.25) is 0 Å². The van der Waals surface area contributed by atoms with Crippen molar-refractivity contribution >= 4 is 0 Å². The van der Waals surface area contributed by atoms with Gasteiger partial charge in [0, 0.05) is 5.92 Å². The highest BCUT2D eigenvalue weighted by Crippen LogP contribution is 2.51. The van der Waals surface area contributed by atoms with Crippen LogP contribution in [0.4, 0.5) is 0 Å². The molecule has 0 saturated heterocycles. The molecule has 5 aromatic carbocycles. The highest BCUT2D eigenvalue weighted by atomic mass is 14.4. The van der Waals surface area contributed by atoms with E-state index in [-0.39, 0.29) is 11.8 Å². The molecule has 0 amide bonds. The average Bonchev–Trinajstić information content (AvgIpc) is 2.93. The van der Waals surface area contributed by atoms with E-state index in [2.05, 4.69) is 115 Å². The van der Waals surface area contributed by atoms with Crippen molar-refractivity contribution in [1.82, 2.24) is 0 Å². The maximum atomic E-state index is 10.5. The zero-order valence-electron chi connectivity index (χ0n) is 18.7. The van der Waals surface area contributed by atoms with Crippen molar-refractivity contribution in [3.8, 4) is 39.4 Å². The van der Waals surface area contributed by atoms with E-state index in [0.717, 1.165) is 5.56 Å². The van der Waals surface area contributed by atoms with Gasteiger partial charge >= 0.3 is 0 Å². The monoisotopic (exact) mass is 433 g/mol. The molecule has 0 aliphatic heterocycles. The lowest BCUT2D eigenvalue weighted by Gasteiger charge is -2.33. The molecule has 6 rings (SSSR count). The summed E-state index contributed by atoms with van der Waals surface area (Å²) in [6.45, 7) is 0. The minimum Gasteiger partial charge on any atom is -0.198 e. The standard InChI is InChI=1S/C33H23N/c34-22-32-29-17-8-7-15-27(29)28-16-9-10-18-30(28)33(32)31-21-25(23-11-3-1-4-12-23)19-20-26(31)24-13-5-2-6-14-24/h1-21,32-33H. The third-order valence-electron chi connectivity index (χ3n) is 6.93. The summed E-state index contributed by atoms with van der Waals surface area (Å²) in [6, 6.07) is 47.4. The van der Waals surface area contributed by atoms with Crippen LogP contribution in [0.1, 0.15) is 28.5 Å². The summed E-state index contributed by atoms with van der Waals surface area (Å²) in [6.07, 6.45) is 0. The van der Waals surface area contributed by atoms with Crippen LogP contribution in [0.3, 0.4) is 0 Å². The van der Waals surface area contributed by atoms with Gasteiger partial charge in [-0.25, -0.2) is 0 Å². The number of fused-ring (bicyclic) bond motifs is 3. The maximum Gasteiger partial charge on any atom is 0.0828 e. The molecule has 1 heteroatoms. The van der Waals surface area contributed by atoms with Crippen molar-refractivity contribution in [1.29, 1.82) is 5.26 Å². The van der Waals surface area contributed by atoms with Crippen LogP contribution in [0.5, 0.6) is 0 Å². The van der Waals surface area contributed by atoms with Crippen molar-refractivity contribution in [3.05, 3.63) is 144 Å². The highest BCUT2D eigenvalue weighted by Gasteiger charge is 2.36. The Bertz CT molecular complexity index is 1510. The van der Waals surface area contributed by atoms with Crippen LogP contribution in [-0.2, 0) is 0 Å². The zero-order chi connectivity index (χ0) is 22.9. The van der Waals surface area contributed by atoms with Gasteiger partial charge in [0.25, 0.3) is 0 Å². The smallest absolute Gasteiger partial charge is 0.0828 e. The normalized spacial score (nSPS) is 16.2. The molecule has 0 aromatic heterocycles. The van der Waals surface area contributed by atoms with Gasteiger partial charge < -0.3 is 0 Å². The van der Waals surface area contributed by atoms with Crippen molar-refractivity contribution in [2.75, 3.05) is 0 Å². The summed E-state index contributed by atoms with van der Waals surface area (Å²) >= 11 is 0. The first kappa shape index (κ1) is 20.2. The Morgan fingerprint density at radius 3 is 1.68 bits per heavy atom. The van der Waals surface area contributed by atoms with Crippen LogP contribution in [0.25, 0.3) is 33.4 Å². The lowest BCUT2D eigenvalue weighted by atomic mass is 9.68. The Morgan fingerprint density at radius 2 is 1.00 bits per heavy atom. The predicted molar refractivity (Wildman–Crippen MR) is 139 cm³/mol. The van der Waals surface area contributed by atoms with E-state index in [1.807, 2.05) is 18.2 Å². The second kappa shape index (κ2) is 8.50. The van der Waals surface area contributed by atoms with Crippen LogP contribution in [0.15, 0.2) is 127 Å². The van der Waals surface area contributed by atoms with Gasteiger partial charge in [0.05, 0.1) is 12.0 Å². The first-order chi connectivity index (χ1) is 16.8. The lowest BCUT2D eigenvalue weighted by molar-refractivity contribution is 0.718. The molecule has 0 bridgehead atoms. The number of hydrogen-bond donors (Lipinski definition) is 0. The van der Waals surface area contributed by atoms with E-state index in [4.69, 9.17) is 0 Å². The van der Waals surface area contributed by atoms with Gasteiger partial charge in [-0.05, 0) is 56.1 Å². The summed E-state index contributed by atoms with van der Waals surface area (Å²) in [5.41, 5.74) is 10.6. The minimum absolute atomic E-state index is 0.0602. The molecular weight excluding hydrogens is 410 g/mol. The highest BCUT2D eigenvalue weighted by molar-refractivity contribution is 5.81. The first-order valence-electron chi connectivity index (χ1n) is 11.7. The van der Waals surface area contributed by atoms with E-state index in [0.29, 0.717) is 0 Å². The second-order valence-electron chi connectivity index (χ2n) is 8.79. The molecule has 0 fully saturated rings. The van der Waals surface area contributed by atoms with Gasteiger partial charge in [-0.1, -0.05) is 121 Å². The fraction of sp³-hybridized carbons (Fsp3) is 0.0606. The Hall–Kier alpha value is -4.41. The molecule has 160 valence electrons. The molecule has 0 spiro atoms. The van der Waals surface area contributed by atoms with E-state index in [9.17, 15) is 5.26 Å². The van der Waals surface area contributed by atoms with Crippen LogP contribution in [0, 0.1) is 11.3 Å². The van der Waals surface area contributed by atoms with Crippen LogP contribution >= 0.6 is 0 Å². The molecule has 0 heterocycles. The Morgan fingerprint density at radius 1 is 0.441 bits per heavy atom. The van der Waals surface area contributed by atoms with E-state index in [1.54, 1.807) is 0 Å². The molecule has 1 aliphatic carbocycles. The summed E-state index contributed by atoms with van der Waals surface area (Å²) in [4.78, 5) is 0. The van der Waals surface area contributed by atoms with Crippen LogP contribution in [-0.4, -0.2) is 0 Å². The quantitative estimate of drug-likeness (QED) is 0.280. The Balaban J connectivity index is 1.65. The Labute approximate surface area is 200 Å². The molecule has 5 aromatic rings. The zero-order valence-corrected chi connectivity index (χ0v) is 18.7. The van der Waals surface area contributed by atoms with Crippen LogP contribution in [0.2, 0.25) is 0 Å². The van der Waals surface area contributed by atoms with Gasteiger partial charge in [0.1, 0.15) is 0 Å². The Kier molecular flexibility index (Phi) is 5.06. The van der Waals surface area contributed by atoms with Gasteiger partial charge in [-0.15, -0.1) is 0 Å². The fourth-order valence-electron chi connectivity index (χ4n) is 5.39. The lowest BCUT2D eigenvalue weighted by Crippen LogP contribution is -2.18. The van der Waals surface area contributed by atoms with E-state index < -0.39 is 0 Å². The second-order valence-corrected chi connectivity index (χ2v) is 8.79. The molecular formula is C33H23N. The van der Waals surface area contributed by atoms with Crippen molar-refractivity contribution in [2.24, 2.45) is 0 Å². The minimum atomic E-state index is -0.264. The van der Waals surface area contributed by atoms with Gasteiger partial charge in [-0.3, -0.25) is 0 Å².